The van der Waals surface area contributed by atoms with E-state index in [-0.39, 0.29) is 23.7 Å². The van der Waals surface area contributed by atoms with Gasteiger partial charge >= 0.3 is 0 Å². The van der Waals surface area contributed by atoms with Crippen molar-refractivity contribution in [1.82, 2.24) is 0 Å². The van der Waals surface area contributed by atoms with Crippen molar-refractivity contribution in [3.05, 3.63) is 71.8 Å². The van der Waals surface area contributed by atoms with Crippen LogP contribution in [-0.2, 0) is 9.59 Å². The van der Waals surface area contributed by atoms with Gasteiger partial charge < -0.3 is 10.8 Å². The van der Waals surface area contributed by atoms with Crippen molar-refractivity contribution < 1.29 is 14.7 Å². The van der Waals surface area contributed by atoms with Crippen molar-refractivity contribution in [2.45, 2.75) is 6.42 Å². The highest BCUT2D eigenvalue weighted by Gasteiger charge is 2.03. The zero-order chi connectivity index (χ0) is 16.7. The molecule has 0 aliphatic rings. The number of phenolic OH excluding ortho intramolecular Hbond substituents is 1. The van der Waals surface area contributed by atoms with Crippen molar-refractivity contribution in [2.24, 2.45) is 0 Å². The summed E-state index contributed by atoms with van der Waals surface area (Å²) in [5.74, 6) is -0.372. The molecule has 0 bridgehead atoms. The van der Waals surface area contributed by atoms with E-state index in [4.69, 9.17) is 5.73 Å². The van der Waals surface area contributed by atoms with E-state index in [1.165, 1.54) is 24.3 Å². The summed E-state index contributed by atoms with van der Waals surface area (Å²) in [6.07, 6.45) is 5.83. The van der Waals surface area contributed by atoms with Crippen LogP contribution in [0.1, 0.15) is 17.5 Å². The van der Waals surface area contributed by atoms with Crippen LogP contribution in [0.3, 0.4) is 0 Å². The first kappa shape index (κ1) is 16.2. The van der Waals surface area contributed by atoms with Gasteiger partial charge in [0.2, 0.25) is 0 Å². The summed E-state index contributed by atoms with van der Waals surface area (Å²) in [6.45, 7) is 0. The molecule has 2 aromatic carbocycles. The number of anilines is 1. The van der Waals surface area contributed by atoms with Crippen molar-refractivity contribution in [3.63, 3.8) is 0 Å². The standard InChI is InChI=1S/C19H17NO3/c20-16-7-1-14(2-8-16)5-11-18(22)13-19(23)12-6-15-3-9-17(21)10-4-15/h1-12,21H,13,20H2. The second kappa shape index (κ2) is 7.75. The van der Waals surface area contributed by atoms with Gasteiger partial charge in [-0.1, -0.05) is 36.4 Å². The van der Waals surface area contributed by atoms with Crippen LogP contribution in [0, 0.1) is 0 Å². The number of hydrogen-bond acceptors (Lipinski definition) is 4. The second-order valence-corrected chi connectivity index (χ2v) is 5.03. The molecule has 0 heterocycles. The van der Waals surface area contributed by atoms with Crippen LogP contribution in [0.5, 0.6) is 5.75 Å². The number of benzene rings is 2. The smallest absolute Gasteiger partial charge is 0.163 e. The molecule has 4 nitrogen and oxygen atoms in total. The number of rotatable bonds is 6. The maximum absolute atomic E-state index is 11.8. The van der Waals surface area contributed by atoms with Crippen LogP contribution in [0.25, 0.3) is 12.2 Å². The Balaban J connectivity index is 1.88. The van der Waals surface area contributed by atoms with Crippen LogP contribution in [0.2, 0.25) is 0 Å². The van der Waals surface area contributed by atoms with E-state index in [2.05, 4.69) is 0 Å². The van der Waals surface area contributed by atoms with Gasteiger partial charge in [-0.3, -0.25) is 9.59 Å². The first-order valence-electron chi connectivity index (χ1n) is 7.09. The molecule has 0 atom stereocenters. The van der Waals surface area contributed by atoms with Gasteiger partial charge in [-0.15, -0.1) is 0 Å². The average molecular weight is 307 g/mol. The third-order valence-corrected chi connectivity index (χ3v) is 3.10. The topological polar surface area (TPSA) is 80.4 Å². The van der Waals surface area contributed by atoms with Gasteiger partial charge in [0.25, 0.3) is 0 Å². The average Bonchev–Trinajstić information content (AvgIpc) is 2.54. The maximum Gasteiger partial charge on any atom is 0.163 e. The molecule has 0 aliphatic carbocycles. The Morgan fingerprint density at radius 2 is 1.26 bits per heavy atom. The molecular formula is C19H17NO3. The largest absolute Gasteiger partial charge is 0.508 e. The van der Waals surface area contributed by atoms with E-state index in [1.807, 2.05) is 0 Å². The SMILES string of the molecule is Nc1ccc(C=CC(=O)CC(=O)C=Cc2ccc(O)cc2)cc1. The quantitative estimate of drug-likeness (QED) is 0.488. The van der Waals surface area contributed by atoms with Crippen molar-refractivity contribution in [2.75, 3.05) is 5.73 Å². The summed E-state index contributed by atoms with van der Waals surface area (Å²) in [7, 11) is 0. The normalized spacial score (nSPS) is 11.1. The van der Waals surface area contributed by atoms with Crippen LogP contribution < -0.4 is 5.73 Å². The second-order valence-electron chi connectivity index (χ2n) is 5.03. The van der Waals surface area contributed by atoms with Crippen LogP contribution in [0.15, 0.2) is 60.7 Å². The fraction of sp³-hybridized carbons (Fsp3) is 0.0526. The molecule has 3 N–H and O–H groups in total. The van der Waals surface area contributed by atoms with Gasteiger partial charge in [0, 0.05) is 5.69 Å². The Morgan fingerprint density at radius 3 is 1.74 bits per heavy atom. The van der Waals surface area contributed by atoms with Gasteiger partial charge in [-0.2, -0.15) is 0 Å². The third kappa shape index (κ3) is 5.63. The molecule has 116 valence electrons. The number of allylic oxidation sites excluding steroid dienone is 2. The highest BCUT2D eigenvalue weighted by molar-refractivity contribution is 6.10. The van der Waals surface area contributed by atoms with Crippen LogP contribution in [-0.4, -0.2) is 16.7 Å². The molecule has 0 spiro atoms. The molecule has 2 rings (SSSR count). The summed E-state index contributed by atoms with van der Waals surface area (Å²) in [4.78, 5) is 23.5. The summed E-state index contributed by atoms with van der Waals surface area (Å²) in [5, 5.41) is 9.17. The first-order chi connectivity index (χ1) is 11.0. The minimum atomic E-state index is -0.273. The molecular weight excluding hydrogens is 290 g/mol. The van der Waals surface area contributed by atoms with Crippen LogP contribution >= 0.6 is 0 Å². The summed E-state index contributed by atoms with van der Waals surface area (Å²) in [5.41, 5.74) is 7.86. The highest BCUT2D eigenvalue weighted by Crippen LogP contribution is 2.11. The number of hydrogen-bond donors (Lipinski definition) is 2. The lowest BCUT2D eigenvalue weighted by Gasteiger charge is -1.95. The molecule has 23 heavy (non-hydrogen) atoms. The number of nitrogens with two attached hydrogens (primary N) is 1. The van der Waals surface area contributed by atoms with Crippen molar-refractivity contribution >= 4 is 29.4 Å². The Morgan fingerprint density at radius 1 is 0.826 bits per heavy atom. The van der Waals surface area contributed by atoms with E-state index >= 15 is 0 Å². The van der Waals surface area contributed by atoms with Gasteiger partial charge in [0.15, 0.2) is 11.6 Å². The van der Waals surface area contributed by atoms with E-state index < -0.39 is 0 Å². The predicted molar refractivity (Wildman–Crippen MR) is 91.7 cm³/mol. The zero-order valence-electron chi connectivity index (χ0n) is 12.5. The Kier molecular flexibility index (Phi) is 5.47. The predicted octanol–water partition coefficient (Wildman–Crippen LogP) is 3.23. The first-order valence-corrected chi connectivity index (χ1v) is 7.09. The monoisotopic (exact) mass is 307 g/mol. The third-order valence-electron chi connectivity index (χ3n) is 3.10. The number of nitrogen functional groups attached to an aromatic ring is 1. The molecule has 0 saturated carbocycles. The van der Waals surface area contributed by atoms with Gasteiger partial charge in [0.05, 0.1) is 6.42 Å². The van der Waals surface area contributed by atoms with E-state index in [0.29, 0.717) is 5.69 Å². The molecule has 0 fully saturated rings. The molecule has 0 aromatic heterocycles. The Hall–Kier alpha value is -3.14. The van der Waals surface area contributed by atoms with Crippen LogP contribution in [0.4, 0.5) is 5.69 Å². The molecule has 0 unspecified atom stereocenters. The zero-order valence-corrected chi connectivity index (χ0v) is 12.5. The number of ketones is 2. The summed E-state index contributed by atoms with van der Waals surface area (Å²) in [6, 6.07) is 13.5. The molecule has 0 aliphatic heterocycles. The lowest BCUT2D eigenvalue weighted by molar-refractivity contribution is -0.121. The lowest BCUT2D eigenvalue weighted by Crippen LogP contribution is -2.01. The van der Waals surface area contributed by atoms with E-state index in [0.717, 1.165) is 11.1 Å². The lowest BCUT2D eigenvalue weighted by atomic mass is 10.1. The van der Waals surface area contributed by atoms with Crippen molar-refractivity contribution in [3.8, 4) is 5.75 Å². The highest BCUT2D eigenvalue weighted by atomic mass is 16.3. The fourth-order valence-corrected chi connectivity index (χ4v) is 1.86. The summed E-state index contributed by atoms with van der Waals surface area (Å²) < 4.78 is 0. The number of phenols is 1. The Labute approximate surface area is 134 Å². The molecule has 0 amide bonds. The minimum absolute atomic E-state index is 0.163. The van der Waals surface area contributed by atoms with Crippen molar-refractivity contribution in [1.29, 1.82) is 0 Å². The Bertz CT molecular complexity index is 676. The number of carbonyl (C=O) groups is 2. The summed E-state index contributed by atoms with van der Waals surface area (Å²) >= 11 is 0. The van der Waals surface area contributed by atoms with Gasteiger partial charge in [-0.25, -0.2) is 0 Å². The maximum atomic E-state index is 11.8. The molecule has 0 saturated heterocycles. The molecule has 4 heteroatoms. The number of aromatic hydroxyl groups is 1. The van der Waals surface area contributed by atoms with Gasteiger partial charge in [-0.05, 0) is 47.5 Å². The van der Waals surface area contributed by atoms with E-state index in [9.17, 15) is 14.7 Å². The number of carbonyl (C=O) groups excluding carboxylic acids is 2. The molecule has 2 aromatic rings. The van der Waals surface area contributed by atoms with Gasteiger partial charge in [0.1, 0.15) is 5.75 Å². The molecule has 0 radical (unpaired) electrons. The fourth-order valence-electron chi connectivity index (χ4n) is 1.86. The van der Waals surface area contributed by atoms with E-state index in [1.54, 1.807) is 48.6 Å². The minimum Gasteiger partial charge on any atom is -0.508 e.